The van der Waals surface area contributed by atoms with Gasteiger partial charge in [0, 0.05) is 5.02 Å². The number of hydrogen-bond acceptors (Lipinski definition) is 1. The number of halogens is 1. The highest BCUT2D eigenvalue weighted by molar-refractivity contribution is 6.30. The lowest BCUT2D eigenvalue weighted by atomic mass is 9.98. The van der Waals surface area contributed by atoms with E-state index >= 15 is 0 Å². The fraction of sp³-hybridized carbons (Fsp3) is 0.333. The minimum atomic E-state index is 0.175. The molecule has 1 heterocycles. The Morgan fingerprint density at radius 1 is 1.29 bits per heavy atom. The van der Waals surface area contributed by atoms with E-state index in [1.54, 1.807) is 0 Å². The van der Waals surface area contributed by atoms with E-state index in [-0.39, 0.29) is 6.10 Å². The van der Waals surface area contributed by atoms with E-state index in [0.29, 0.717) is 0 Å². The molecule has 0 amide bonds. The first kappa shape index (κ1) is 9.75. The molecule has 0 radical (unpaired) electrons. The third-order valence-electron chi connectivity index (χ3n) is 2.49. The molecular formula is C12H13ClO. The van der Waals surface area contributed by atoms with Crippen molar-refractivity contribution < 1.29 is 4.74 Å². The standard InChI is InChI=1S/C12H13ClO/c1-9-6-7-14-12(8-9)10-2-4-11(13)5-3-10/h2-5,12H,1,6-8H2. The molecule has 1 aromatic rings. The van der Waals surface area contributed by atoms with Gasteiger partial charge in [0.05, 0.1) is 12.7 Å². The van der Waals surface area contributed by atoms with Crippen molar-refractivity contribution in [1.29, 1.82) is 0 Å². The highest BCUT2D eigenvalue weighted by Gasteiger charge is 2.17. The van der Waals surface area contributed by atoms with Crippen LogP contribution in [0, 0.1) is 0 Å². The molecule has 0 bridgehead atoms. The van der Waals surface area contributed by atoms with Crippen LogP contribution >= 0.6 is 11.6 Å². The second kappa shape index (κ2) is 4.16. The van der Waals surface area contributed by atoms with Gasteiger partial charge < -0.3 is 4.74 Å². The first-order valence-electron chi connectivity index (χ1n) is 4.79. The van der Waals surface area contributed by atoms with E-state index in [1.807, 2.05) is 24.3 Å². The summed E-state index contributed by atoms with van der Waals surface area (Å²) in [5.74, 6) is 0. The summed E-state index contributed by atoms with van der Waals surface area (Å²) in [5.41, 5.74) is 2.46. The number of hydrogen-bond donors (Lipinski definition) is 0. The van der Waals surface area contributed by atoms with Crippen molar-refractivity contribution in [2.75, 3.05) is 6.61 Å². The Balaban J connectivity index is 2.14. The summed E-state index contributed by atoms with van der Waals surface area (Å²) in [6, 6.07) is 7.84. The molecule has 0 N–H and O–H groups in total. The van der Waals surface area contributed by atoms with E-state index in [4.69, 9.17) is 16.3 Å². The summed E-state index contributed by atoms with van der Waals surface area (Å²) in [6.07, 6.45) is 2.10. The smallest absolute Gasteiger partial charge is 0.0862 e. The van der Waals surface area contributed by atoms with Crippen LogP contribution in [0.1, 0.15) is 24.5 Å². The largest absolute Gasteiger partial charge is 0.373 e. The van der Waals surface area contributed by atoms with Gasteiger partial charge in [-0.05, 0) is 30.5 Å². The van der Waals surface area contributed by atoms with Crippen molar-refractivity contribution in [3.05, 3.63) is 47.0 Å². The summed E-state index contributed by atoms with van der Waals surface area (Å²) < 4.78 is 5.67. The molecule has 0 saturated carbocycles. The Morgan fingerprint density at radius 3 is 2.64 bits per heavy atom. The SMILES string of the molecule is C=C1CCOC(c2ccc(Cl)cc2)C1. The topological polar surface area (TPSA) is 9.23 Å². The first-order chi connectivity index (χ1) is 6.75. The zero-order valence-corrected chi connectivity index (χ0v) is 8.76. The highest BCUT2D eigenvalue weighted by Crippen LogP contribution is 2.30. The summed E-state index contributed by atoms with van der Waals surface area (Å²) in [4.78, 5) is 0. The fourth-order valence-electron chi connectivity index (χ4n) is 1.66. The lowest BCUT2D eigenvalue weighted by Crippen LogP contribution is -2.12. The molecule has 1 aromatic carbocycles. The van der Waals surface area contributed by atoms with Crippen molar-refractivity contribution in [3.63, 3.8) is 0 Å². The second-order valence-electron chi connectivity index (χ2n) is 3.62. The van der Waals surface area contributed by atoms with Crippen LogP contribution in [0.2, 0.25) is 5.02 Å². The van der Waals surface area contributed by atoms with Gasteiger partial charge >= 0.3 is 0 Å². The normalized spacial score (nSPS) is 22.4. The summed E-state index contributed by atoms with van der Waals surface area (Å²) in [5, 5.41) is 0.767. The first-order valence-corrected chi connectivity index (χ1v) is 5.17. The van der Waals surface area contributed by atoms with Crippen LogP contribution in [0.4, 0.5) is 0 Å². The van der Waals surface area contributed by atoms with Crippen LogP contribution in [-0.2, 0) is 4.74 Å². The molecule has 14 heavy (non-hydrogen) atoms. The molecule has 1 aliphatic heterocycles. The molecule has 2 rings (SSSR count). The van der Waals surface area contributed by atoms with E-state index in [1.165, 1.54) is 11.1 Å². The average molecular weight is 209 g/mol. The van der Waals surface area contributed by atoms with Crippen molar-refractivity contribution >= 4 is 11.6 Å². The van der Waals surface area contributed by atoms with Crippen LogP contribution in [0.5, 0.6) is 0 Å². The highest BCUT2D eigenvalue weighted by atomic mass is 35.5. The molecule has 2 heteroatoms. The Hall–Kier alpha value is -0.790. The quantitative estimate of drug-likeness (QED) is 0.639. The Bertz CT molecular complexity index is 329. The van der Waals surface area contributed by atoms with Crippen LogP contribution < -0.4 is 0 Å². The van der Waals surface area contributed by atoms with Crippen molar-refractivity contribution in [2.45, 2.75) is 18.9 Å². The molecule has 1 fully saturated rings. The number of rotatable bonds is 1. The maximum Gasteiger partial charge on any atom is 0.0862 e. The third kappa shape index (κ3) is 2.17. The third-order valence-corrected chi connectivity index (χ3v) is 2.74. The summed E-state index contributed by atoms with van der Waals surface area (Å²) >= 11 is 5.82. The Kier molecular flexibility index (Phi) is 2.90. The maximum atomic E-state index is 5.82. The molecule has 0 aliphatic carbocycles. The van der Waals surface area contributed by atoms with Gasteiger partial charge in [-0.3, -0.25) is 0 Å². The van der Waals surface area contributed by atoms with Crippen molar-refractivity contribution in [3.8, 4) is 0 Å². The maximum absolute atomic E-state index is 5.82. The molecule has 1 aliphatic rings. The molecule has 1 atom stereocenters. The predicted octanol–water partition coefficient (Wildman–Crippen LogP) is 3.75. The van der Waals surface area contributed by atoms with Crippen molar-refractivity contribution in [1.82, 2.24) is 0 Å². The van der Waals surface area contributed by atoms with Gasteiger partial charge in [-0.1, -0.05) is 35.9 Å². The Morgan fingerprint density at radius 2 is 2.00 bits per heavy atom. The van der Waals surface area contributed by atoms with Crippen LogP contribution in [0.15, 0.2) is 36.4 Å². The minimum absolute atomic E-state index is 0.175. The van der Waals surface area contributed by atoms with Crippen molar-refractivity contribution in [2.24, 2.45) is 0 Å². The monoisotopic (exact) mass is 208 g/mol. The predicted molar refractivity (Wildman–Crippen MR) is 58.5 cm³/mol. The number of ether oxygens (including phenoxy) is 1. The van der Waals surface area contributed by atoms with Gasteiger partial charge in [-0.25, -0.2) is 0 Å². The van der Waals surface area contributed by atoms with Gasteiger partial charge in [0.25, 0.3) is 0 Å². The molecule has 0 aromatic heterocycles. The lowest BCUT2D eigenvalue weighted by molar-refractivity contribution is 0.0352. The van der Waals surface area contributed by atoms with E-state index in [2.05, 4.69) is 6.58 Å². The van der Waals surface area contributed by atoms with Gasteiger partial charge in [-0.2, -0.15) is 0 Å². The van der Waals surface area contributed by atoms with Gasteiger partial charge in [-0.15, -0.1) is 0 Å². The zero-order chi connectivity index (χ0) is 9.97. The van der Waals surface area contributed by atoms with Gasteiger partial charge in [0.15, 0.2) is 0 Å². The van der Waals surface area contributed by atoms with Crippen LogP contribution in [-0.4, -0.2) is 6.61 Å². The Labute approximate surface area is 89.3 Å². The molecule has 1 nitrogen and oxygen atoms in total. The molecule has 0 spiro atoms. The van der Waals surface area contributed by atoms with Gasteiger partial charge in [0.2, 0.25) is 0 Å². The van der Waals surface area contributed by atoms with E-state index < -0.39 is 0 Å². The summed E-state index contributed by atoms with van der Waals surface area (Å²) in [7, 11) is 0. The fourth-order valence-corrected chi connectivity index (χ4v) is 1.79. The van der Waals surface area contributed by atoms with E-state index in [9.17, 15) is 0 Å². The van der Waals surface area contributed by atoms with Crippen LogP contribution in [0.3, 0.4) is 0 Å². The molecular weight excluding hydrogens is 196 g/mol. The average Bonchev–Trinajstić information content (AvgIpc) is 2.19. The van der Waals surface area contributed by atoms with E-state index in [0.717, 1.165) is 24.5 Å². The number of benzene rings is 1. The van der Waals surface area contributed by atoms with Crippen LogP contribution in [0.25, 0.3) is 0 Å². The lowest BCUT2D eigenvalue weighted by Gasteiger charge is -2.24. The molecule has 1 saturated heterocycles. The second-order valence-corrected chi connectivity index (χ2v) is 4.05. The molecule has 1 unspecified atom stereocenters. The minimum Gasteiger partial charge on any atom is -0.373 e. The zero-order valence-electron chi connectivity index (χ0n) is 8.00. The molecule has 74 valence electrons. The van der Waals surface area contributed by atoms with Gasteiger partial charge in [0.1, 0.15) is 0 Å². The summed E-state index contributed by atoms with van der Waals surface area (Å²) in [6.45, 7) is 4.79.